The van der Waals surface area contributed by atoms with Crippen molar-refractivity contribution in [2.24, 2.45) is 5.16 Å². The average Bonchev–Trinajstić information content (AvgIpc) is 2.68. The zero-order chi connectivity index (χ0) is 18.6. The normalized spacial score (nSPS) is 11.8. The Balaban J connectivity index is 1.94. The highest BCUT2D eigenvalue weighted by atomic mass is 19.1. The molecule has 140 valence electrons. The molecule has 0 N–H and O–H groups in total. The van der Waals surface area contributed by atoms with Crippen molar-refractivity contribution in [3.63, 3.8) is 0 Å². The first-order valence-electron chi connectivity index (χ1n) is 9.44. The highest BCUT2D eigenvalue weighted by Crippen LogP contribution is 2.12. The van der Waals surface area contributed by atoms with Crippen molar-refractivity contribution in [1.82, 2.24) is 4.90 Å². The molecule has 0 heterocycles. The fraction of sp³-hybridized carbons (Fsp3) is 0.409. The first-order valence-corrected chi connectivity index (χ1v) is 9.44. The zero-order valence-corrected chi connectivity index (χ0v) is 15.8. The van der Waals surface area contributed by atoms with E-state index in [1.54, 1.807) is 12.1 Å². The summed E-state index contributed by atoms with van der Waals surface area (Å²) in [6, 6.07) is 16.9. The minimum Gasteiger partial charge on any atom is -0.394 e. The van der Waals surface area contributed by atoms with E-state index in [1.807, 2.05) is 6.07 Å². The SMILES string of the molecule is CCN(CC)CCO/N=C(\CCCc1ccccc1)c1ccc(F)cc1. The van der Waals surface area contributed by atoms with Crippen LogP contribution in [0.2, 0.25) is 0 Å². The number of hydrogen-bond acceptors (Lipinski definition) is 3. The zero-order valence-electron chi connectivity index (χ0n) is 15.8. The predicted molar refractivity (Wildman–Crippen MR) is 106 cm³/mol. The van der Waals surface area contributed by atoms with Gasteiger partial charge in [0, 0.05) is 6.54 Å². The van der Waals surface area contributed by atoms with E-state index >= 15 is 0 Å². The van der Waals surface area contributed by atoms with Gasteiger partial charge in [-0.25, -0.2) is 4.39 Å². The van der Waals surface area contributed by atoms with Crippen LogP contribution in [0.15, 0.2) is 59.8 Å². The van der Waals surface area contributed by atoms with Crippen molar-refractivity contribution in [2.45, 2.75) is 33.1 Å². The topological polar surface area (TPSA) is 24.8 Å². The third-order valence-corrected chi connectivity index (χ3v) is 4.47. The number of rotatable bonds is 11. The molecule has 0 bridgehead atoms. The fourth-order valence-corrected chi connectivity index (χ4v) is 2.82. The number of nitrogens with zero attached hydrogens (tertiary/aromatic N) is 2. The van der Waals surface area contributed by atoms with Crippen LogP contribution in [0.4, 0.5) is 4.39 Å². The molecule has 0 fully saturated rings. The summed E-state index contributed by atoms with van der Waals surface area (Å²) in [4.78, 5) is 7.86. The van der Waals surface area contributed by atoms with E-state index in [2.05, 4.69) is 48.2 Å². The monoisotopic (exact) mass is 356 g/mol. The van der Waals surface area contributed by atoms with Crippen molar-refractivity contribution >= 4 is 5.71 Å². The minimum absolute atomic E-state index is 0.236. The van der Waals surface area contributed by atoms with Crippen LogP contribution in [0.5, 0.6) is 0 Å². The number of likely N-dealkylation sites (N-methyl/N-ethyl adjacent to an activating group) is 1. The minimum atomic E-state index is -0.236. The number of benzene rings is 2. The lowest BCUT2D eigenvalue weighted by atomic mass is 10.0. The lowest BCUT2D eigenvalue weighted by Crippen LogP contribution is -2.26. The highest BCUT2D eigenvalue weighted by Gasteiger charge is 2.06. The number of oxime groups is 1. The van der Waals surface area contributed by atoms with Gasteiger partial charge in [0.2, 0.25) is 0 Å². The van der Waals surface area contributed by atoms with Crippen LogP contribution in [0.25, 0.3) is 0 Å². The number of hydrogen-bond donors (Lipinski definition) is 0. The average molecular weight is 356 g/mol. The van der Waals surface area contributed by atoms with Crippen LogP contribution in [0.1, 0.15) is 37.8 Å². The molecule has 2 rings (SSSR count). The van der Waals surface area contributed by atoms with E-state index in [9.17, 15) is 4.39 Å². The molecule has 0 saturated heterocycles. The first kappa shape index (κ1) is 20.1. The second-order valence-corrected chi connectivity index (χ2v) is 6.24. The molecule has 0 saturated carbocycles. The Kier molecular flexibility index (Phi) is 8.84. The Morgan fingerprint density at radius 3 is 2.35 bits per heavy atom. The maximum absolute atomic E-state index is 13.2. The van der Waals surface area contributed by atoms with Crippen LogP contribution in [0, 0.1) is 5.82 Å². The van der Waals surface area contributed by atoms with Gasteiger partial charge in [0.25, 0.3) is 0 Å². The molecular formula is C22H29FN2O. The maximum Gasteiger partial charge on any atom is 0.129 e. The van der Waals surface area contributed by atoms with E-state index in [1.165, 1.54) is 17.7 Å². The van der Waals surface area contributed by atoms with Crippen molar-refractivity contribution in [2.75, 3.05) is 26.2 Å². The van der Waals surface area contributed by atoms with Crippen molar-refractivity contribution in [3.05, 3.63) is 71.5 Å². The van der Waals surface area contributed by atoms with Gasteiger partial charge in [0.1, 0.15) is 12.4 Å². The van der Waals surface area contributed by atoms with Gasteiger partial charge < -0.3 is 9.74 Å². The van der Waals surface area contributed by atoms with Gasteiger partial charge in [0.05, 0.1) is 5.71 Å². The molecule has 0 amide bonds. The van der Waals surface area contributed by atoms with Crippen molar-refractivity contribution in [1.29, 1.82) is 0 Å². The molecule has 0 radical (unpaired) electrons. The molecule has 3 nitrogen and oxygen atoms in total. The van der Waals surface area contributed by atoms with Gasteiger partial charge in [-0.05, 0) is 55.6 Å². The van der Waals surface area contributed by atoms with E-state index in [4.69, 9.17) is 4.84 Å². The molecule has 2 aromatic rings. The summed E-state index contributed by atoms with van der Waals surface area (Å²) in [5.74, 6) is -0.236. The van der Waals surface area contributed by atoms with Gasteiger partial charge in [-0.15, -0.1) is 0 Å². The van der Waals surface area contributed by atoms with Gasteiger partial charge in [-0.3, -0.25) is 0 Å². The third kappa shape index (κ3) is 6.96. The lowest BCUT2D eigenvalue weighted by molar-refractivity contribution is 0.114. The summed E-state index contributed by atoms with van der Waals surface area (Å²) in [7, 11) is 0. The summed E-state index contributed by atoms with van der Waals surface area (Å²) in [6.07, 6.45) is 2.76. The number of aryl methyl sites for hydroxylation is 1. The van der Waals surface area contributed by atoms with Crippen LogP contribution >= 0.6 is 0 Å². The van der Waals surface area contributed by atoms with Gasteiger partial charge in [-0.1, -0.05) is 61.5 Å². The van der Waals surface area contributed by atoms with Gasteiger partial charge >= 0.3 is 0 Å². The quantitative estimate of drug-likeness (QED) is 0.325. The standard InChI is InChI=1S/C22H29FN2O/c1-3-25(4-2)17-18-26-24-22(20-13-15-21(23)16-14-20)12-8-11-19-9-6-5-7-10-19/h5-7,9-10,13-16H,3-4,8,11-12,17-18H2,1-2H3/b24-22+. The second-order valence-electron chi connectivity index (χ2n) is 6.24. The van der Waals surface area contributed by atoms with Gasteiger partial charge in [0.15, 0.2) is 0 Å². The van der Waals surface area contributed by atoms with Crippen LogP contribution in [0.3, 0.4) is 0 Å². The van der Waals surface area contributed by atoms with E-state index in [0.29, 0.717) is 6.61 Å². The molecule has 4 heteroatoms. The lowest BCUT2D eigenvalue weighted by Gasteiger charge is -2.16. The van der Waals surface area contributed by atoms with Crippen LogP contribution in [-0.2, 0) is 11.3 Å². The van der Waals surface area contributed by atoms with Crippen LogP contribution in [-0.4, -0.2) is 36.9 Å². The molecule has 26 heavy (non-hydrogen) atoms. The van der Waals surface area contributed by atoms with Crippen LogP contribution < -0.4 is 0 Å². The summed E-state index contributed by atoms with van der Waals surface area (Å²) in [5, 5.41) is 4.36. The molecule has 0 unspecified atom stereocenters. The highest BCUT2D eigenvalue weighted by molar-refractivity contribution is 6.00. The Morgan fingerprint density at radius 2 is 1.69 bits per heavy atom. The fourth-order valence-electron chi connectivity index (χ4n) is 2.82. The predicted octanol–water partition coefficient (Wildman–Crippen LogP) is 4.91. The molecule has 0 spiro atoms. The molecule has 0 aliphatic heterocycles. The molecule has 0 aromatic heterocycles. The first-order chi connectivity index (χ1) is 12.7. The molecular weight excluding hydrogens is 327 g/mol. The summed E-state index contributed by atoms with van der Waals surface area (Å²) >= 11 is 0. The Bertz CT molecular complexity index is 652. The Morgan fingerprint density at radius 1 is 1.00 bits per heavy atom. The van der Waals surface area contributed by atoms with Crippen molar-refractivity contribution in [3.8, 4) is 0 Å². The smallest absolute Gasteiger partial charge is 0.129 e. The molecule has 0 atom stereocenters. The van der Waals surface area contributed by atoms with E-state index < -0.39 is 0 Å². The van der Waals surface area contributed by atoms with Crippen molar-refractivity contribution < 1.29 is 9.23 Å². The Hall–Kier alpha value is -2.20. The second kappa shape index (κ2) is 11.4. The summed E-state index contributed by atoms with van der Waals surface area (Å²) in [5.41, 5.74) is 3.11. The Labute approximate surface area is 156 Å². The van der Waals surface area contributed by atoms with Gasteiger partial charge in [-0.2, -0.15) is 0 Å². The van der Waals surface area contributed by atoms with E-state index in [-0.39, 0.29) is 5.82 Å². The molecule has 0 aliphatic carbocycles. The summed E-state index contributed by atoms with van der Waals surface area (Å²) < 4.78 is 13.2. The molecule has 2 aromatic carbocycles. The molecule has 0 aliphatic rings. The summed E-state index contributed by atoms with van der Waals surface area (Å²) in [6.45, 7) is 7.71. The maximum atomic E-state index is 13.2. The third-order valence-electron chi connectivity index (χ3n) is 4.47. The van der Waals surface area contributed by atoms with E-state index in [0.717, 1.165) is 50.2 Å². The largest absolute Gasteiger partial charge is 0.394 e. The number of halogens is 1.